The first-order valence-electron chi connectivity index (χ1n) is 5.87. The average molecular weight is 243 g/mol. The van der Waals surface area contributed by atoms with Crippen molar-refractivity contribution in [2.24, 2.45) is 5.84 Å². The molecule has 0 saturated heterocycles. The highest BCUT2D eigenvalue weighted by Gasteiger charge is 2.13. The molecule has 3 N–H and O–H groups in total. The highest BCUT2D eigenvalue weighted by atomic mass is 15.3. The van der Waals surface area contributed by atoms with Crippen molar-refractivity contribution < 1.29 is 0 Å². The van der Waals surface area contributed by atoms with Crippen LogP contribution in [0.15, 0.2) is 36.7 Å². The van der Waals surface area contributed by atoms with Crippen molar-refractivity contribution in [1.82, 2.24) is 9.97 Å². The minimum absolute atomic E-state index is 0.672. The third-order valence-electron chi connectivity index (χ3n) is 2.87. The van der Waals surface area contributed by atoms with E-state index in [1.807, 2.05) is 42.3 Å². The van der Waals surface area contributed by atoms with Gasteiger partial charge in [-0.1, -0.05) is 25.1 Å². The van der Waals surface area contributed by atoms with E-state index < -0.39 is 0 Å². The van der Waals surface area contributed by atoms with Crippen LogP contribution in [0.3, 0.4) is 0 Å². The number of hydrogen-bond acceptors (Lipinski definition) is 5. The maximum absolute atomic E-state index is 5.48. The van der Waals surface area contributed by atoms with Gasteiger partial charge in [-0.25, -0.2) is 15.8 Å². The SMILES string of the molecule is CCc1c(NN)ncnc1N(C)c1ccccc1. The summed E-state index contributed by atoms with van der Waals surface area (Å²) in [5.74, 6) is 7.01. The van der Waals surface area contributed by atoms with Gasteiger partial charge in [0.05, 0.1) is 0 Å². The van der Waals surface area contributed by atoms with Crippen molar-refractivity contribution in [2.75, 3.05) is 17.4 Å². The molecule has 0 aliphatic rings. The number of nitrogens with one attached hydrogen (secondary N) is 1. The molecule has 0 unspecified atom stereocenters. The van der Waals surface area contributed by atoms with E-state index in [0.29, 0.717) is 5.82 Å². The highest BCUT2D eigenvalue weighted by Crippen LogP contribution is 2.27. The third-order valence-corrected chi connectivity index (χ3v) is 2.87. The number of nitrogens with two attached hydrogens (primary N) is 1. The Balaban J connectivity index is 2.45. The number of nitrogen functional groups attached to an aromatic ring is 1. The smallest absolute Gasteiger partial charge is 0.148 e. The standard InChI is InChI=1S/C13H17N5/c1-3-11-12(17-14)15-9-16-13(11)18(2)10-7-5-4-6-8-10/h4-9H,3,14H2,1-2H3,(H,15,16,17). The Hall–Kier alpha value is -2.14. The van der Waals surface area contributed by atoms with E-state index in [-0.39, 0.29) is 0 Å². The molecule has 0 saturated carbocycles. The highest BCUT2D eigenvalue weighted by molar-refractivity contribution is 5.66. The van der Waals surface area contributed by atoms with Gasteiger partial charge in [0.25, 0.3) is 0 Å². The summed E-state index contributed by atoms with van der Waals surface area (Å²) in [6.45, 7) is 2.06. The van der Waals surface area contributed by atoms with Crippen molar-refractivity contribution in [1.29, 1.82) is 0 Å². The molecule has 1 aromatic carbocycles. The van der Waals surface area contributed by atoms with E-state index in [4.69, 9.17) is 5.84 Å². The van der Waals surface area contributed by atoms with Crippen molar-refractivity contribution in [3.63, 3.8) is 0 Å². The predicted molar refractivity (Wildman–Crippen MR) is 73.7 cm³/mol. The van der Waals surface area contributed by atoms with Crippen molar-refractivity contribution in [3.8, 4) is 0 Å². The van der Waals surface area contributed by atoms with Crippen LogP contribution < -0.4 is 16.2 Å². The van der Waals surface area contributed by atoms with Crippen LogP contribution in [-0.4, -0.2) is 17.0 Å². The predicted octanol–water partition coefficient (Wildman–Crippen LogP) is 2.09. The third kappa shape index (κ3) is 2.26. The fraction of sp³-hybridized carbons (Fsp3) is 0.231. The molecular formula is C13H17N5. The van der Waals surface area contributed by atoms with Crippen LogP contribution in [0, 0.1) is 0 Å². The zero-order valence-corrected chi connectivity index (χ0v) is 10.6. The first kappa shape index (κ1) is 12.3. The Kier molecular flexibility index (Phi) is 3.74. The number of rotatable bonds is 4. The average Bonchev–Trinajstić information content (AvgIpc) is 2.46. The summed E-state index contributed by atoms with van der Waals surface area (Å²) in [7, 11) is 1.98. The quantitative estimate of drug-likeness (QED) is 0.635. The van der Waals surface area contributed by atoms with E-state index in [2.05, 4.69) is 22.3 Å². The molecule has 5 nitrogen and oxygen atoms in total. The molecule has 2 aromatic rings. The summed E-state index contributed by atoms with van der Waals surface area (Å²) < 4.78 is 0. The fourth-order valence-corrected chi connectivity index (χ4v) is 1.92. The van der Waals surface area contributed by atoms with Crippen molar-refractivity contribution >= 4 is 17.3 Å². The van der Waals surface area contributed by atoms with E-state index >= 15 is 0 Å². The largest absolute Gasteiger partial charge is 0.329 e. The molecule has 18 heavy (non-hydrogen) atoms. The number of para-hydroxylation sites is 1. The second kappa shape index (κ2) is 5.46. The molecule has 0 amide bonds. The van der Waals surface area contributed by atoms with Crippen LogP contribution in [-0.2, 0) is 6.42 Å². The van der Waals surface area contributed by atoms with Gasteiger partial charge in [-0.3, -0.25) is 0 Å². The van der Waals surface area contributed by atoms with E-state index in [9.17, 15) is 0 Å². The lowest BCUT2D eigenvalue weighted by atomic mass is 10.2. The van der Waals surface area contributed by atoms with Gasteiger partial charge in [-0.2, -0.15) is 0 Å². The molecule has 1 heterocycles. The molecule has 0 aliphatic carbocycles. The molecule has 94 valence electrons. The topological polar surface area (TPSA) is 67.1 Å². The second-order valence-corrected chi connectivity index (χ2v) is 3.92. The summed E-state index contributed by atoms with van der Waals surface area (Å²) in [5, 5.41) is 0. The Morgan fingerprint density at radius 1 is 1.22 bits per heavy atom. The fourth-order valence-electron chi connectivity index (χ4n) is 1.92. The first-order valence-corrected chi connectivity index (χ1v) is 5.87. The first-order chi connectivity index (χ1) is 8.77. The van der Waals surface area contributed by atoms with Crippen molar-refractivity contribution in [2.45, 2.75) is 13.3 Å². The van der Waals surface area contributed by atoms with Gasteiger partial charge >= 0.3 is 0 Å². The lowest BCUT2D eigenvalue weighted by molar-refractivity contribution is 0.994. The van der Waals surface area contributed by atoms with Gasteiger partial charge in [0.2, 0.25) is 0 Å². The lowest BCUT2D eigenvalue weighted by Gasteiger charge is -2.21. The zero-order chi connectivity index (χ0) is 13.0. The monoisotopic (exact) mass is 243 g/mol. The van der Waals surface area contributed by atoms with Gasteiger partial charge in [0, 0.05) is 18.3 Å². The van der Waals surface area contributed by atoms with Gasteiger partial charge in [0.15, 0.2) is 0 Å². The summed E-state index contributed by atoms with van der Waals surface area (Å²) in [4.78, 5) is 10.5. The van der Waals surface area contributed by atoms with Crippen LogP contribution >= 0.6 is 0 Å². The van der Waals surface area contributed by atoms with Gasteiger partial charge in [-0.05, 0) is 18.6 Å². The van der Waals surface area contributed by atoms with E-state index in [1.165, 1.54) is 6.33 Å². The van der Waals surface area contributed by atoms with Crippen LogP contribution in [0.4, 0.5) is 17.3 Å². The maximum Gasteiger partial charge on any atom is 0.148 e. The lowest BCUT2D eigenvalue weighted by Crippen LogP contribution is -2.17. The molecule has 1 aromatic heterocycles. The number of benzene rings is 1. The Bertz CT molecular complexity index is 512. The molecule has 0 spiro atoms. The maximum atomic E-state index is 5.48. The minimum Gasteiger partial charge on any atom is -0.329 e. The van der Waals surface area contributed by atoms with Crippen LogP contribution in [0.25, 0.3) is 0 Å². The second-order valence-electron chi connectivity index (χ2n) is 3.92. The zero-order valence-electron chi connectivity index (χ0n) is 10.6. The summed E-state index contributed by atoms with van der Waals surface area (Å²) >= 11 is 0. The van der Waals surface area contributed by atoms with Crippen LogP contribution in [0.2, 0.25) is 0 Å². The Morgan fingerprint density at radius 2 is 1.94 bits per heavy atom. The minimum atomic E-state index is 0.672. The van der Waals surface area contributed by atoms with Gasteiger partial charge < -0.3 is 10.3 Å². The Morgan fingerprint density at radius 3 is 2.56 bits per heavy atom. The van der Waals surface area contributed by atoms with Crippen molar-refractivity contribution in [3.05, 3.63) is 42.2 Å². The number of nitrogens with zero attached hydrogens (tertiary/aromatic N) is 3. The molecule has 0 aliphatic heterocycles. The number of aromatic nitrogens is 2. The number of hydrogen-bond donors (Lipinski definition) is 2. The molecule has 0 fully saturated rings. The van der Waals surface area contributed by atoms with E-state index in [1.54, 1.807) is 0 Å². The molecule has 5 heteroatoms. The molecule has 2 rings (SSSR count). The summed E-state index contributed by atoms with van der Waals surface area (Å²) in [5.41, 5.74) is 4.70. The van der Waals surface area contributed by atoms with Crippen LogP contribution in [0.1, 0.15) is 12.5 Å². The van der Waals surface area contributed by atoms with Gasteiger partial charge in [-0.15, -0.1) is 0 Å². The molecule has 0 radical (unpaired) electrons. The summed E-state index contributed by atoms with van der Waals surface area (Å²) in [6, 6.07) is 10.1. The Labute approximate surface area is 107 Å². The molecule has 0 bridgehead atoms. The van der Waals surface area contributed by atoms with Crippen LogP contribution in [0.5, 0.6) is 0 Å². The number of anilines is 3. The number of hydrazine groups is 1. The molecular weight excluding hydrogens is 226 g/mol. The molecule has 0 atom stereocenters. The summed E-state index contributed by atoms with van der Waals surface area (Å²) in [6.07, 6.45) is 2.33. The van der Waals surface area contributed by atoms with Gasteiger partial charge in [0.1, 0.15) is 18.0 Å². The normalized spacial score (nSPS) is 10.2. The van der Waals surface area contributed by atoms with E-state index in [0.717, 1.165) is 23.5 Å².